The van der Waals surface area contributed by atoms with Crippen molar-refractivity contribution in [2.24, 2.45) is 0 Å². The Labute approximate surface area is 150 Å². The number of hydrogen-bond donors (Lipinski definition) is 0. The van der Waals surface area contributed by atoms with Crippen LogP contribution >= 0.6 is 0 Å². The van der Waals surface area contributed by atoms with Crippen molar-refractivity contribution < 1.29 is 23.8 Å². The van der Waals surface area contributed by atoms with Crippen LogP contribution in [0.4, 0.5) is 0 Å². The third kappa shape index (κ3) is 9.75. The number of hydrogen-bond acceptors (Lipinski definition) is 5. The number of ether oxygens (including phenoxy) is 3. The standard InChI is InChI=1S/C20H30O5/c1-4-5-10-15-23-19(21)13-8-9-14-20(22)25-18-12-7-6-11-17(18)24-16(2)3/h6-7,11-12,16H,4-5,8-10,13-15H2,1-3H3. The van der Waals surface area contributed by atoms with E-state index < -0.39 is 0 Å². The summed E-state index contributed by atoms with van der Waals surface area (Å²) in [5, 5.41) is 0. The van der Waals surface area contributed by atoms with E-state index in [1.54, 1.807) is 18.2 Å². The molecule has 0 aromatic heterocycles. The van der Waals surface area contributed by atoms with Crippen molar-refractivity contribution in [1.29, 1.82) is 0 Å². The Morgan fingerprint density at radius 3 is 2.20 bits per heavy atom. The van der Waals surface area contributed by atoms with Crippen LogP contribution in [0.1, 0.15) is 65.7 Å². The molecule has 1 aromatic rings. The molecule has 0 aliphatic heterocycles. The van der Waals surface area contributed by atoms with Crippen molar-refractivity contribution in [3.8, 4) is 11.5 Å². The van der Waals surface area contributed by atoms with Gasteiger partial charge < -0.3 is 14.2 Å². The minimum atomic E-state index is -0.323. The van der Waals surface area contributed by atoms with Crippen LogP contribution in [0.5, 0.6) is 11.5 Å². The van der Waals surface area contributed by atoms with Gasteiger partial charge in [-0.1, -0.05) is 31.9 Å². The van der Waals surface area contributed by atoms with Crippen molar-refractivity contribution in [3.63, 3.8) is 0 Å². The van der Waals surface area contributed by atoms with E-state index in [0.717, 1.165) is 19.3 Å². The summed E-state index contributed by atoms with van der Waals surface area (Å²) in [6, 6.07) is 7.12. The predicted octanol–water partition coefficient (Wildman–Crippen LogP) is 4.67. The van der Waals surface area contributed by atoms with E-state index in [1.807, 2.05) is 19.9 Å². The molecule has 5 nitrogen and oxygen atoms in total. The second kappa shape index (κ2) is 12.3. The number of carbonyl (C=O) groups excluding carboxylic acids is 2. The Bertz CT molecular complexity index is 525. The minimum absolute atomic E-state index is 0.00295. The molecule has 1 rings (SSSR count). The molecule has 0 spiro atoms. The summed E-state index contributed by atoms with van der Waals surface area (Å²) >= 11 is 0. The number of esters is 2. The van der Waals surface area contributed by atoms with Gasteiger partial charge in [0.25, 0.3) is 0 Å². The van der Waals surface area contributed by atoms with Crippen molar-refractivity contribution in [1.82, 2.24) is 0 Å². The highest BCUT2D eigenvalue weighted by Gasteiger charge is 2.11. The van der Waals surface area contributed by atoms with Crippen molar-refractivity contribution >= 4 is 11.9 Å². The van der Waals surface area contributed by atoms with Gasteiger partial charge in [-0.2, -0.15) is 0 Å². The Morgan fingerprint density at radius 2 is 1.56 bits per heavy atom. The zero-order valence-corrected chi connectivity index (χ0v) is 15.6. The molecule has 0 amide bonds. The van der Waals surface area contributed by atoms with Gasteiger partial charge in [-0.05, 0) is 45.2 Å². The van der Waals surface area contributed by atoms with Crippen LogP contribution < -0.4 is 9.47 Å². The van der Waals surface area contributed by atoms with Gasteiger partial charge in [0.1, 0.15) is 0 Å². The van der Waals surface area contributed by atoms with Crippen LogP contribution in [0.2, 0.25) is 0 Å². The summed E-state index contributed by atoms with van der Waals surface area (Å²) in [6.45, 7) is 6.43. The summed E-state index contributed by atoms with van der Waals surface area (Å²) in [6.07, 6.45) is 4.90. The number of unbranched alkanes of at least 4 members (excludes halogenated alkanes) is 3. The zero-order valence-electron chi connectivity index (χ0n) is 15.6. The second-order valence-electron chi connectivity index (χ2n) is 6.22. The maximum atomic E-state index is 11.9. The Hall–Kier alpha value is -2.04. The van der Waals surface area contributed by atoms with E-state index in [1.165, 1.54) is 0 Å². The molecule has 0 saturated heterocycles. The lowest BCUT2D eigenvalue weighted by molar-refractivity contribution is -0.144. The van der Waals surface area contributed by atoms with Gasteiger partial charge in [-0.3, -0.25) is 9.59 Å². The first-order valence-corrected chi connectivity index (χ1v) is 9.15. The minimum Gasteiger partial charge on any atom is -0.487 e. The van der Waals surface area contributed by atoms with Gasteiger partial charge in [0.05, 0.1) is 12.7 Å². The molecule has 25 heavy (non-hydrogen) atoms. The molecule has 1 aromatic carbocycles. The smallest absolute Gasteiger partial charge is 0.311 e. The molecule has 0 bridgehead atoms. The van der Waals surface area contributed by atoms with Crippen LogP contribution in [0.15, 0.2) is 24.3 Å². The van der Waals surface area contributed by atoms with Crippen LogP contribution in [0, 0.1) is 0 Å². The number of carbonyl (C=O) groups is 2. The largest absolute Gasteiger partial charge is 0.487 e. The highest BCUT2D eigenvalue weighted by Crippen LogP contribution is 2.27. The molecule has 140 valence electrons. The molecule has 0 heterocycles. The predicted molar refractivity (Wildman–Crippen MR) is 96.8 cm³/mol. The first-order valence-electron chi connectivity index (χ1n) is 9.15. The van der Waals surface area contributed by atoms with Gasteiger partial charge in [-0.15, -0.1) is 0 Å². The topological polar surface area (TPSA) is 61.8 Å². The lowest BCUT2D eigenvalue weighted by atomic mass is 10.2. The monoisotopic (exact) mass is 350 g/mol. The maximum Gasteiger partial charge on any atom is 0.311 e. The highest BCUT2D eigenvalue weighted by molar-refractivity contribution is 5.73. The number of rotatable bonds is 12. The molecule has 0 fully saturated rings. The van der Waals surface area contributed by atoms with Crippen LogP contribution in [-0.4, -0.2) is 24.6 Å². The van der Waals surface area contributed by atoms with Gasteiger partial charge >= 0.3 is 11.9 Å². The normalized spacial score (nSPS) is 10.6. The van der Waals surface area contributed by atoms with E-state index in [2.05, 4.69) is 6.92 Å². The lowest BCUT2D eigenvalue weighted by Crippen LogP contribution is -2.11. The third-order valence-electron chi connectivity index (χ3n) is 3.46. The highest BCUT2D eigenvalue weighted by atomic mass is 16.6. The molecule has 0 unspecified atom stereocenters. The fraction of sp³-hybridized carbons (Fsp3) is 0.600. The van der Waals surface area contributed by atoms with E-state index in [9.17, 15) is 9.59 Å². The Kier molecular flexibility index (Phi) is 10.4. The fourth-order valence-electron chi connectivity index (χ4n) is 2.21. The van der Waals surface area contributed by atoms with Crippen LogP contribution in [0.25, 0.3) is 0 Å². The zero-order chi connectivity index (χ0) is 18.5. The molecule has 0 aliphatic carbocycles. The van der Waals surface area contributed by atoms with Gasteiger partial charge in [0, 0.05) is 12.8 Å². The first kappa shape index (κ1) is 21.0. The molecule has 5 heteroatoms. The molecule has 0 radical (unpaired) electrons. The maximum absolute atomic E-state index is 11.9. The average molecular weight is 350 g/mol. The van der Waals surface area contributed by atoms with E-state index in [0.29, 0.717) is 37.4 Å². The van der Waals surface area contributed by atoms with Gasteiger partial charge in [0.15, 0.2) is 11.5 Å². The number of benzene rings is 1. The third-order valence-corrected chi connectivity index (χ3v) is 3.46. The van der Waals surface area contributed by atoms with Gasteiger partial charge in [0.2, 0.25) is 0 Å². The molecular formula is C20H30O5. The Balaban J connectivity index is 2.24. The summed E-state index contributed by atoms with van der Waals surface area (Å²) in [7, 11) is 0. The van der Waals surface area contributed by atoms with Gasteiger partial charge in [-0.25, -0.2) is 0 Å². The SMILES string of the molecule is CCCCCOC(=O)CCCCC(=O)Oc1ccccc1OC(C)C. The van der Waals surface area contributed by atoms with E-state index in [-0.39, 0.29) is 24.5 Å². The van der Waals surface area contributed by atoms with E-state index in [4.69, 9.17) is 14.2 Å². The molecule has 0 N–H and O–H groups in total. The lowest BCUT2D eigenvalue weighted by Gasteiger charge is -2.13. The van der Waals surface area contributed by atoms with Crippen molar-refractivity contribution in [2.75, 3.05) is 6.61 Å². The van der Waals surface area contributed by atoms with E-state index >= 15 is 0 Å². The second-order valence-corrected chi connectivity index (χ2v) is 6.22. The summed E-state index contributed by atoms with van der Waals surface area (Å²) < 4.78 is 16.1. The molecule has 0 saturated carbocycles. The summed E-state index contributed by atoms with van der Waals surface area (Å²) in [5.74, 6) is 0.467. The van der Waals surface area contributed by atoms with Crippen molar-refractivity contribution in [2.45, 2.75) is 71.8 Å². The first-order chi connectivity index (χ1) is 12.0. The Morgan fingerprint density at radius 1 is 0.920 bits per heavy atom. The quantitative estimate of drug-likeness (QED) is 0.311. The summed E-state index contributed by atoms with van der Waals surface area (Å²) in [4.78, 5) is 23.5. The molecule has 0 atom stereocenters. The summed E-state index contributed by atoms with van der Waals surface area (Å²) in [5.41, 5.74) is 0. The fourth-order valence-corrected chi connectivity index (χ4v) is 2.21. The van der Waals surface area contributed by atoms with Crippen LogP contribution in [0.3, 0.4) is 0 Å². The number of para-hydroxylation sites is 2. The molecular weight excluding hydrogens is 320 g/mol. The average Bonchev–Trinajstić information content (AvgIpc) is 2.57. The van der Waals surface area contributed by atoms with Crippen LogP contribution in [-0.2, 0) is 14.3 Å². The molecule has 0 aliphatic rings. The van der Waals surface area contributed by atoms with Crippen molar-refractivity contribution in [3.05, 3.63) is 24.3 Å².